The van der Waals surface area contributed by atoms with Crippen LogP contribution in [-0.4, -0.2) is 11.0 Å². The Morgan fingerprint density at radius 2 is 2.17 bits per heavy atom. The predicted molar refractivity (Wildman–Crippen MR) is 79.5 cm³/mol. The minimum Gasteiger partial charge on any atom is -0.271 e. The van der Waals surface area contributed by atoms with Crippen LogP contribution >= 0.6 is 27.3 Å². The second kappa shape index (κ2) is 6.43. The number of hydrogen-bond acceptors (Lipinski definition) is 4. The lowest BCUT2D eigenvalue weighted by Crippen LogP contribution is -2.38. The number of hydrogen-bond donors (Lipinski definition) is 2. The fourth-order valence-electron chi connectivity index (χ4n) is 1.87. The molecule has 0 radical (unpaired) electrons. The molecule has 2 aromatic rings. The Hall–Kier alpha value is -0.750. The number of nitrogens with one attached hydrogen (secondary N) is 1. The molecule has 5 heteroatoms. The van der Waals surface area contributed by atoms with E-state index in [0.29, 0.717) is 0 Å². The molecule has 0 bridgehead atoms. The Kier molecular flexibility index (Phi) is 4.88. The van der Waals surface area contributed by atoms with Crippen molar-refractivity contribution in [2.24, 2.45) is 5.84 Å². The number of hydrazine groups is 1. The number of nitrogens with zero attached hydrogens (tertiary/aromatic N) is 1. The van der Waals surface area contributed by atoms with Crippen molar-refractivity contribution in [2.75, 3.05) is 0 Å². The normalized spacial score (nSPS) is 12.6. The minimum absolute atomic E-state index is 0.199. The topological polar surface area (TPSA) is 50.9 Å². The molecular formula is C13H16BrN3S. The third-order valence-corrected chi connectivity index (χ3v) is 4.38. The van der Waals surface area contributed by atoms with E-state index in [9.17, 15) is 0 Å². The Morgan fingerprint density at radius 3 is 2.78 bits per heavy atom. The van der Waals surface area contributed by atoms with E-state index in [1.165, 1.54) is 5.56 Å². The zero-order chi connectivity index (χ0) is 13.0. The van der Waals surface area contributed by atoms with Crippen molar-refractivity contribution in [3.63, 3.8) is 0 Å². The van der Waals surface area contributed by atoms with Crippen LogP contribution in [0, 0.1) is 6.92 Å². The van der Waals surface area contributed by atoms with Gasteiger partial charge in [-0.1, -0.05) is 34.1 Å². The lowest BCUT2D eigenvalue weighted by molar-refractivity contribution is 0.517. The maximum atomic E-state index is 5.64. The molecule has 3 N–H and O–H groups in total. The van der Waals surface area contributed by atoms with Crippen LogP contribution < -0.4 is 11.3 Å². The van der Waals surface area contributed by atoms with Crippen LogP contribution in [0.4, 0.5) is 0 Å². The van der Waals surface area contributed by atoms with E-state index in [0.717, 1.165) is 28.0 Å². The lowest BCUT2D eigenvalue weighted by Gasteiger charge is -2.15. The van der Waals surface area contributed by atoms with Crippen LogP contribution in [0.3, 0.4) is 0 Å². The number of halogens is 1. The van der Waals surface area contributed by atoms with E-state index in [4.69, 9.17) is 5.84 Å². The number of thiazole rings is 1. The summed E-state index contributed by atoms with van der Waals surface area (Å²) in [7, 11) is 0. The smallest absolute Gasteiger partial charge is 0.0897 e. The van der Waals surface area contributed by atoms with Gasteiger partial charge in [-0.2, -0.15) is 0 Å². The summed E-state index contributed by atoms with van der Waals surface area (Å²) in [5, 5.41) is 3.20. The molecule has 0 aliphatic rings. The molecule has 2 rings (SSSR count). The maximum absolute atomic E-state index is 5.64. The first-order chi connectivity index (χ1) is 8.69. The summed E-state index contributed by atoms with van der Waals surface area (Å²) in [6.45, 7) is 2.02. The Bertz CT molecular complexity index is 512. The van der Waals surface area contributed by atoms with Gasteiger partial charge in [0.05, 0.1) is 10.7 Å². The number of aromatic nitrogens is 1. The molecule has 96 valence electrons. The molecule has 0 spiro atoms. The van der Waals surface area contributed by atoms with Crippen LogP contribution in [0.2, 0.25) is 0 Å². The van der Waals surface area contributed by atoms with Crippen molar-refractivity contribution < 1.29 is 0 Å². The lowest BCUT2D eigenvalue weighted by atomic mass is 10.0. The fourth-order valence-corrected chi connectivity index (χ4v) is 2.95. The molecule has 18 heavy (non-hydrogen) atoms. The first-order valence-corrected chi connectivity index (χ1v) is 7.47. The van der Waals surface area contributed by atoms with Crippen molar-refractivity contribution in [1.29, 1.82) is 0 Å². The number of rotatable bonds is 5. The quantitative estimate of drug-likeness (QED) is 0.656. The van der Waals surface area contributed by atoms with Gasteiger partial charge in [0.1, 0.15) is 0 Å². The summed E-state index contributed by atoms with van der Waals surface area (Å²) in [4.78, 5) is 4.47. The van der Waals surface area contributed by atoms with Crippen LogP contribution in [0.25, 0.3) is 0 Å². The van der Waals surface area contributed by atoms with E-state index in [2.05, 4.69) is 43.9 Å². The van der Waals surface area contributed by atoms with Gasteiger partial charge in [-0.25, -0.2) is 4.98 Å². The fraction of sp³-hybridized carbons (Fsp3) is 0.308. The highest BCUT2D eigenvalue weighted by Crippen LogP contribution is 2.19. The molecule has 1 unspecified atom stereocenters. The highest BCUT2D eigenvalue weighted by atomic mass is 79.9. The predicted octanol–water partition coefficient (Wildman–Crippen LogP) is 2.83. The van der Waals surface area contributed by atoms with Crippen LogP contribution in [0.1, 0.15) is 16.3 Å². The average Bonchev–Trinajstić information content (AvgIpc) is 2.76. The van der Waals surface area contributed by atoms with Gasteiger partial charge in [0.2, 0.25) is 0 Å². The highest BCUT2D eigenvalue weighted by Gasteiger charge is 2.12. The second-order valence-corrected chi connectivity index (χ2v) is 6.14. The van der Waals surface area contributed by atoms with Gasteiger partial charge < -0.3 is 0 Å². The van der Waals surface area contributed by atoms with Crippen LogP contribution in [0.15, 0.2) is 34.1 Å². The third kappa shape index (κ3) is 3.62. The molecule has 1 aromatic carbocycles. The van der Waals surface area contributed by atoms with Crippen molar-refractivity contribution in [3.8, 4) is 0 Å². The molecule has 0 aliphatic heterocycles. The SMILES string of the molecule is Cc1nc(CC(Cc2ccccc2Br)NN)cs1. The van der Waals surface area contributed by atoms with Crippen molar-refractivity contribution in [3.05, 3.63) is 50.4 Å². The van der Waals surface area contributed by atoms with Gasteiger partial charge in [-0.3, -0.25) is 11.3 Å². The number of aryl methyl sites for hydroxylation is 1. The van der Waals surface area contributed by atoms with E-state index in [1.54, 1.807) is 11.3 Å². The first kappa shape index (κ1) is 13.7. The summed E-state index contributed by atoms with van der Waals surface area (Å²) >= 11 is 5.24. The summed E-state index contributed by atoms with van der Waals surface area (Å²) in [6.07, 6.45) is 1.73. The van der Waals surface area contributed by atoms with E-state index >= 15 is 0 Å². The van der Waals surface area contributed by atoms with Gasteiger partial charge in [-0.05, 0) is 25.0 Å². The Labute approximate surface area is 120 Å². The molecule has 0 aliphatic carbocycles. The molecule has 0 saturated heterocycles. The van der Waals surface area contributed by atoms with E-state index in [-0.39, 0.29) is 6.04 Å². The maximum Gasteiger partial charge on any atom is 0.0897 e. The highest BCUT2D eigenvalue weighted by molar-refractivity contribution is 9.10. The molecule has 0 fully saturated rings. The minimum atomic E-state index is 0.199. The summed E-state index contributed by atoms with van der Waals surface area (Å²) in [5.74, 6) is 5.64. The first-order valence-electron chi connectivity index (χ1n) is 5.79. The Balaban J connectivity index is 2.04. The summed E-state index contributed by atoms with van der Waals surface area (Å²) in [5.41, 5.74) is 5.24. The zero-order valence-electron chi connectivity index (χ0n) is 10.2. The van der Waals surface area contributed by atoms with Crippen LogP contribution in [-0.2, 0) is 12.8 Å². The average molecular weight is 326 g/mol. The molecule has 3 nitrogen and oxygen atoms in total. The Morgan fingerprint density at radius 1 is 1.39 bits per heavy atom. The van der Waals surface area contributed by atoms with Gasteiger partial charge in [0, 0.05) is 22.3 Å². The van der Waals surface area contributed by atoms with E-state index < -0.39 is 0 Å². The molecule has 1 atom stereocenters. The monoisotopic (exact) mass is 325 g/mol. The molecular weight excluding hydrogens is 310 g/mol. The van der Waals surface area contributed by atoms with Gasteiger partial charge in [0.25, 0.3) is 0 Å². The van der Waals surface area contributed by atoms with Crippen molar-refractivity contribution in [1.82, 2.24) is 10.4 Å². The third-order valence-electron chi connectivity index (χ3n) is 2.78. The molecule has 0 saturated carbocycles. The van der Waals surface area contributed by atoms with Crippen LogP contribution in [0.5, 0.6) is 0 Å². The summed E-state index contributed by atoms with van der Waals surface area (Å²) in [6, 6.07) is 8.42. The van der Waals surface area contributed by atoms with Gasteiger partial charge >= 0.3 is 0 Å². The van der Waals surface area contributed by atoms with Crippen molar-refractivity contribution >= 4 is 27.3 Å². The molecule has 1 heterocycles. The second-order valence-electron chi connectivity index (χ2n) is 4.22. The number of benzene rings is 1. The van der Waals surface area contributed by atoms with Gasteiger partial charge in [-0.15, -0.1) is 11.3 Å². The molecule has 0 amide bonds. The number of nitrogens with two attached hydrogens (primary N) is 1. The zero-order valence-corrected chi connectivity index (χ0v) is 12.6. The van der Waals surface area contributed by atoms with Gasteiger partial charge in [0.15, 0.2) is 0 Å². The standard InChI is InChI=1S/C13H16BrN3S/c1-9-16-12(8-18-9)7-11(17-15)6-10-4-2-3-5-13(10)14/h2-5,8,11,17H,6-7,15H2,1H3. The summed E-state index contributed by atoms with van der Waals surface area (Å²) < 4.78 is 1.12. The molecule has 1 aromatic heterocycles. The van der Waals surface area contributed by atoms with Crippen molar-refractivity contribution in [2.45, 2.75) is 25.8 Å². The van der Waals surface area contributed by atoms with E-state index in [1.807, 2.05) is 19.1 Å². The largest absolute Gasteiger partial charge is 0.271 e.